The maximum Gasteiger partial charge on any atom is 0.224 e. The molecule has 1 aliphatic carbocycles. The Balaban J connectivity index is 2.17. The van der Waals surface area contributed by atoms with Gasteiger partial charge in [-0.2, -0.15) is 0 Å². The molecule has 0 aliphatic heterocycles. The molecule has 5 heteroatoms. The van der Waals surface area contributed by atoms with Crippen molar-refractivity contribution in [3.63, 3.8) is 0 Å². The minimum Gasteiger partial charge on any atom is -0.335 e. The van der Waals surface area contributed by atoms with Gasteiger partial charge in [-0.1, -0.05) is 18.9 Å². The van der Waals surface area contributed by atoms with E-state index >= 15 is 0 Å². The van der Waals surface area contributed by atoms with E-state index in [-0.39, 0.29) is 24.1 Å². The number of carbonyl (C=O) groups is 1. The highest BCUT2D eigenvalue weighted by atomic mass is 19.1. The Bertz CT molecular complexity index is 467. The molecule has 1 aromatic carbocycles. The molecular formula is C16H22F2N2O. The van der Waals surface area contributed by atoms with Crippen LogP contribution in [0, 0.1) is 11.6 Å². The number of hydrogen-bond acceptors (Lipinski definition) is 2. The van der Waals surface area contributed by atoms with Gasteiger partial charge in [0.05, 0.1) is 6.54 Å². The summed E-state index contributed by atoms with van der Waals surface area (Å²) in [7, 11) is 1.78. The smallest absolute Gasteiger partial charge is 0.224 e. The molecule has 1 aromatic rings. The quantitative estimate of drug-likeness (QED) is 0.875. The summed E-state index contributed by atoms with van der Waals surface area (Å²) in [4.78, 5) is 14.0. The van der Waals surface area contributed by atoms with E-state index in [0.29, 0.717) is 13.0 Å². The highest BCUT2D eigenvalue weighted by molar-refractivity contribution is 5.76. The van der Waals surface area contributed by atoms with Gasteiger partial charge in [-0.05, 0) is 32.0 Å². The topological polar surface area (TPSA) is 32.3 Å². The molecule has 0 heterocycles. The van der Waals surface area contributed by atoms with E-state index < -0.39 is 11.6 Å². The van der Waals surface area contributed by atoms with Crippen molar-refractivity contribution in [2.75, 3.05) is 13.6 Å². The van der Waals surface area contributed by atoms with Gasteiger partial charge in [-0.3, -0.25) is 4.79 Å². The van der Waals surface area contributed by atoms with Gasteiger partial charge in [-0.15, -0.1) is 0 Å². The monoisotopic (exact) mass is 296 g/mol. The zero-order chi connectivity index (χ0) is 15.2. The number of nitrogens with zero attached hydrogens (tertiary/aromatic N) is 1. The zero-order valence-electron chi connectivity index (χ0n) is 12.4. The molecule has 0 atom stereocenters. The van der Waals surface area contributed by atoms with E-state index in [2.05, 4.69) is 5.32 Å². The van der Waals surface area contributed by atoms with E-state index in [0.717, 1.165) is 25.7 Å². The van der Waals surface area contributed by atoms with E-state index in [4.69, 9.17) is 0 Å². The molecule has 1 fully saturated rings. The fourth-order valence-electron chi connectivity index (χ4n) is 2.87. The molecule has 3 nitrogen and oxygen atoms in total. The lowest BCUT2D eigenvalue weighted by Gasteiger charge is -2.29. The van der Waals surface area contributed by atoms with Gasteiger partial charge in [0, 0.05) is 24.6 Å². The first-order valence-electron chi connectivity index (χ1n) is 7.50. The number of halogens is 2. The summed E-state index contributed by atoms with van der Waals surface area (Å²) in [6.45, 7) is 0.591. The van der Waals surface area contributed by atoms with Crippen LogP contribution >= 0.6 is 0 Å². The van der Waals surface area contributed by atoms with E-state index in [1.165, 1.54) is 18.2 Å². The average molecular weight is 296 g/mol. The number of nitrogens with one attached hydrogen (secondary N) is 1. The summed E-state index contributed by atoms with van der Waals surface area (Å²) >= 11 is 0. The second-order valence-electron chi connectivity index (χ2n) is 5.51. The SMILES string of the molecule is CNCCC(=O)N(Cc1c(F)cccc1F)C1CCCC1. The van der Waals surface area contributed by atoms with Gasteiger partial charge in [0.25, 0.3) is 0 Å². The first-order chi connectivity index (χ1) is 10.1. The van der Waals surface area contributed by atoms with Crippen LogP contribution in [0.5, 0.6) is 0 Å². The van der Waals surface area contributed by atoms with Gasteiger partial charge < -0.3 is 10.2 Å². The average Bonchev–Trinajstić information content (AvgIpc) is 2.98. The summed E-state index contributed by atoms with van der Waals surface area (Å²) < 4.78 is 27.6. The van der Waals surface area contributed by atoms with Crippen molar-refractivity contribution < 1.29 is 13.6 Å². The number of rotatable bonds is 6. The fraction of sp³-hybridized carbons (Fsp3) is 0.562. The molecule has 0 bridgehead atoms. The molecule has 1 N–H and O–H groups in total. The standard InChI is InChI=1S/C16H22F2N2O/c1-19-10-9-16(21)20(12-5-2-3-6-12)11-13-14(17)7-4-8-15(13)18/h4,7-8,12,19H,2-3,5-6,9-11H2,1H3. The first kappa shape index (κ1) is 15.9. The third-order valence-corrected chi connectivity index (χ3v) is 4.06. The molecular weight excluding hydrogens is 274 g/mol. The Hall–Kier alpha value is -1.49. The third kappa shape index (κ3) is 4.00. The van der Waals surface area contributed by atoms with Gasteiger partial charge in [0.2, 0.25) is 5.91 Å². The largest absolute Gasteiger partial charge is 0.335 e. The predicted molar refractivity (Wildman–Crippen MR) is 77.7 cm³/mol. The van der Waals surface area contributed by atoms with Gasteiger partial charge in [-0.25, -0.2) is 8.78 Å². The lowest BCUT2D eigenvalue weighted by molar-refractivity contribution is -0.134. The van der Waals surface area contributed by atoms with Crippen LogP contribution in [-0.2, 0) is 11.3 Å². The Morgan fingerprint density at radius 3 is 2.48 bits per heavy atom. The second-order valence-corrected chi connectivity index (χ2v) is 5.51. The predicted octanol–water partition coefficient (Wildman–Crippen LogP) is 2.85. The molecule has 1 amide bonds. The molecule has 0 spiro atoms. The highest BCUT2D eigenvalue weighted by Gasteiger charge is 2.27. The van der Waals surface area contributed by atoms with Crippen molar-refractivity contribution in [3.05, 3.63) is 35.4 Å². The summed E-state index contributed by atoms with van der Waals surface area (Å²) in [5.41, 5.74) is -0.0118. The third-order valence-electron chi connectivity index (χ3n) is 4.06. The molecule has 2 rings (SSSR count). The number of carbonyl (C=O) groups excluding carboxylic acids is 1. The summed E-state index contributed by atoms with van der Waals surface area (Å²) in [5, 5.41) is 2.94. The molecule has 0 radical (unpaired) electrons. The number of hydrogen-bond donors (Lipinski definition) is 1. The Morgan fingerprint density at radius 2 is 1.90 bits per heavy atom. The van der Waals surface area contributed by atoms with Crippen LogP contribution in [0.1, 0.15) is 37.7 Å². The lowest BCUT2D eigenvalue weighted by atomic mass is 10.1. The summed E-state index contributed by atoms with van der Waals surface area (Å²) in [5.74, 6) is -1.21. The van der Waals surface area contributed by atoms with Crippen LogP contribution in [0.4, 0.5) is 8.78 Å². The molecule has 116 valence electrons. The van der Waals surface area contributed by atoms with Gasteiger partial charge in [0.1, 0.15) is 11.6 Å². The zero-order valence-corrected chi connectivity index (χ0v) is 12.4. The molecule has 0 saturated heterocycles. The fourth-order valence-corrected chi connectivity index (χ4v) is 2.87. The Morgan fingerprint density at radius 1 is 1.29 bits per heavy atom. The van der Waals surface area contributed by atoms with Gasteiger partial charge in [0.15, 0.2) is 0 Å². The Kier molecular flexibility index (Phi) is 5.67. The Labute approximate surface area is 124 Å². The molecule has 0 aromatic heterocycles. The summed E-state index contributed by atoms with van der Waals surface area (Å²) in [6.07, 6.45) is 4.33. The van der Waals surface area contributed by atoms with E-state index in [1.54, 1.807) is 11.9 Å². The molecule has 0 unspecified atom stereocenters. The van der Waals surface area contributed by atoms with Crippen LogP contribution in [-0.4, -0.2) is 30.4 Å². The van der Waals surface area contributed by atoms with Crippen LogP contribution in [0.2, 0.25) is 0 Å². The van der Waals surface area contributed by atoms with Crippen molar-refractivity contribution in [2.24, 2.45) is 0 Å². The lowest BCUT2D eigenvalue weighted by Crippen LogP contribution is -2.39. The maximum absolute atomic E-state index is 13.8. The molecule has 1 saturated carbocycles. The maximum atomic E-state index is 13.8. The van der Waals surface area contributed by atoms with Crippen molar-refractivity contribution in [1.29, 1.82) is 0 Å². The van der Waals surface area contributed by atoms with E-state index in [1.807, 2.05) is 0 Å². The van der Waals surface area contributed by atoms with E-state index in [9.17, 15) is 13.6 Å². The minimum atomic E-state index is -0.584. The van der Waals surface area contributed by atoms with Crippen LogP contribution in [0.25, 0.3) is 0 Å². The van der Waals surface area contributed by atoms with Crippen LogP contribution < -0.4 is 5.32 Å². The number of benzene rings is 1. The molecule has 21 heavy (non-hydrogen) atoms. The van der Waals surface area contributed by atoms with Crippen molar-refractivity contribution >= 4 is 5.91 Å². The van der Waals surface area contributed by atoms with Crippen LogP contribution in [0.15, 0.2) is 18.2 Å². The normalized spacial score (nSPS) is 15.4. The second kappa shape index (κ2) is 7.50. The van der Waals surface area contributed by atoms with Crippen molar-refractivity contribution in [3.8, 4) is 0 Å². The number of amides is 1. The molecule has 1 aliphatic rings. The van der Waals surface area contributed by atoms with Crippen molar-refractivity contribution in [1.82, 2.24) is 10.2 Å². The minimum absolute atomic E-state index is 0.0118. The first-order valence-corrected chi connectivity index (χ1v) is 7.50. The highest BCUT2D eigenvalue weighted by Crippen LogP contribution is 2.26. The van der Waals surface area contributed by atoms with Gasteiger partial charge >= 0.3 is 0 Å². The van der Waals surface area contributed by atoms with Crippen molar-refractivity contribution in [2.45, 2.75) is 44.7 Å². The van der Waals surface area contributed by atoms with Crippen LogP contribution in [0.3, 0.4) is 0 Å². The summed E-state index contributed by atoms with van der Waals surface area (Å²) in [6, 6.07) is 3.93.